The van der Waals surface area contributed by atoms with Gasteiger partial charge < -0.3 is 10.2 Å². The molecule has 2 fully saturated rings. The number of nitrogens with zero attached hydrogens (tertiary/aromatic N) is 1. The number of carbonyl (C=O) groups is 1. The van der Waals surface area contributed by atoms with Crippen LogP contribution in [0.15, 0.2) is 0 Å². The smallest absolute Gasteiger partial charge is 0.224 e. The molecule has 3 heteroatoms. The van der Waals surface area contributed by atoms with Crippen LogP contribution >= 0.6 is 0 Å². The third-order valence-corrected chi connectivity index (χ3v) is 4.10. The van der Waals surface area contributed by atoms with Crippen LogP contribution in [0, 0.1) is 11.8 Å². The molecule has 2 aliphatic heterocycles. The van der Waals surface area contributed by atoms with E-state index in [4.69, 9.17) is 0 Å². The van der Waals surface area contributed by atoms with Gasteiger partial charge in [-0.05, 0) is 37.6 Å². The first-order valence-electron chi connectivity index (χ1n) is 6.68. The first kappa shape index (κ1) is 11.9. The summed E-state index contributed by atoms with van der Waals surface area (Å²) in [5.41, 5.74) is 0. The molecule has 16 heavy (non-hydrogen) atoms. The van der Waals surface area contributed by atoms with Crippen LogP contribution in [-0.4, -0.2) is 36.5 Å². The molecule has 2 atom stereocenters. The molecule has 0 aromatic carbocycles. The molecule has 92 valence electrons. The number of amides is 1. The Morgan fingerprint density at radius 2 is 2.25 bits per heavy atom. The van der Waals surface area contributed by atoms with Gasteiger partial charge in [0.05, 0.1) is 0 Å². The molecule has 2 rings (SSSR count). The third kappa shape index (κ3) is 2.76. The lowest BCUT2D eigenvalue weighted by Crippen LogP contribution is -2.34. The van der Waals surface area contributed by atoms with E-state index in [-0.39, 0.29) is 0 Å². The Hall–Kier alpha value is -0.570. The Morgan fingerprint density at radius 3 is 2.81 bits per heavy atom. The van der Waals surface area contributed by atoms with E-state index in [0.29, 0.717) is 24.3 Å². The van der Waals surface area contributed by atoms with Gasteiger partial charge in [-0.3, -0.25) is 4.79 Å². The van der Waals surface area contributed by atoms with Crippen molar-refractivity contribution in [3.8, 4) is 0 Å². The van der Waals surface area contributed by atoms with E-state index in [1.165, 1.54) is 19.3 Å². The largest absolute Gasteiger partial charge is 0.342 e. The molecule has 3 nitrogen and oxygen atoms in total. The van der Waals surface area contributed by atoms with E-state index in [9.17, 15) is 4.79 Å². The fourth-order valence-electron chi connectivity index (χ4n) is 2.83. The molecule has 2 aliphatic rings. The zero-order valence-corrected chi connectivity index (χ0v) is 10.5. The summed E-state index contributed by atoms with van der Waals surface area (Å²) in [7, 11) is 0. The molecule has 2 saturated heterocycles. The quantitative estimate of drug-likeness (QED) is 0.790. The SMILES string of the molecule is CC(C)C1CCN(C(=O)CC2CCCN2)C1. The minimum Gasteiger partial charge on any atom is -0.342 e. The van der Waals surface area contributed by atoms with Crippen molar-refractivity contribution in [2.24, 2.45) is 11.8 Å². The van der Waals surface area contributed by atoms with E-state index >= 15 is 0 Å². The van der Waals surface area contributed by atoms with Crippen LogP contribution in [0.4, 0.5) is 0 Å². The maximum Gasteiger partial charge on any atom is 0.224 e. The molecule has 2 heterocycles. The van der Waals surface area contributed by atoms with E-state index in [2.05, 4.69) is 24.1 Å². The summed E-state index contributed by atoms with van der Waals surface area (Å²) in [6.45, 7) is 7.58. The van der Waals surface area contributed by atoms with Gasteiger partial charge in [-0.2, -0.15) is 0 Å². The Kier molecular flexibility index (Phi) is 3.85. The van der Waals surface area contributed by atoms with E-state index in [0.717, 1.165) is 25.6 Å². The molecule has 0 saturated carbocycles. The van der Waals surface area contributed by atoms with Gasteiger partial charge in [0.1, 0.15) is 0 Å². The summed E-state index contributed by atoms with van der Waals surface area (Å²) in [4.78, 5) is 14.1. The number of carbonyl (C=O) groups excluding carboxylic acids is 1. The Labute approximate surface area is 98.6 Å². The first-order chi connectivity index (χ1) is 7.66. The monoisotopic (exact) mass is 224 g/mol. The zero-order valence-electron chi connectivity index (χ0n) is 10.5. The molecule has 1 N–H and O–H groups in total. The summed E-state index contributed by atoms with van der Waals surface area (Å²) in [5, 5.41) is 3.40. The Morgan fingerprint density at radius 1 is 1.44 bits per heavy atom. The maximum absolute atomic E-state index is 12.1. The van der Waals surface area contributed by atoms with Crippen LogP contribution in [0.5, 0.6) is 0 Å². The topological polar surface area (TPSA) is 32.3 Å². The minimum atomic E-state index is 0.363. The van der Waals surface area contributed by atoms with Gasteiger partial charge in [-0.1, -0.05) is 13.8 Å². The molecule has 0 spiro atoms. The predicted molar refractivity (Wildman–Crippen MR) is 65.2 cm³/mol. The molecule has 0 aromatic heterocycles. The molecule has 0 aliphatic carbocycles. The molecular weight excluding hydrogens is 200 g/mol. The van der Waals surface area contributed by atoms with Crippen molar-refractivity contribution >= 4 is 5.91 Å². The molecule has 0 bridgehead atoms. The minimum absolute atomic E-state index is 0.363. The van der Waals surface area contributed by atoms with Gasteiger partial charge in [0.25, 0.3) is 0 Å². The zero-order chi connectivity index (χ0) is 11.5. The second-order valence-electron chi connectivity index (χ2n) is 5.63. The van der Waals surface area contributed by atoms with Crippen LogP contribution in [0.1, 0.15) is 39.5 Å². The third-order valence-electron chi connectivity index (χ3n) is 4.10. The van der Waals surface area contributed by atoms with Crippen LogP contribution in [0.25, 0.3) is 0 Å². The fourth-order valence-corrected chi connectivity index (χ4v) is 2.83. The normalized spacial score (nSPS) is 30.3. The van der Waals surface area contributed by atoms with Gasteiger partial charge in [-0.15, -0.1) is 0 Å². The Balaban J connectivity index is 1.77. The highest BCUT2D eigenvalue weighted by Crippen LogP contribution is 2.24. The fraction of sp³-hybridized carbons (Fsp3) is 0.923. The Bertz CT molecular complexity index is 246. The highest BCUT2D eigenvalue weighted by Gasteiger charge is 2.29. The highest BCUT2D eigenvalue weighted by atomic mass is 16.2. The van der Waals surface area contributed by atoms with Gasteiger partial charge in [0.15, 0.2) is 0 Å². The first-order valence-corrected chi connectivity index (χ1v) is 6.68. The average Bonchev–Trinajstić information content (AvgIpc) is 2.86. The van der Waals surface area contributed by atoms with Crippen molar-refractivity contribution in [2.45, 2.75) is 45.6 Å². The van der Waals surface area contributed by atoms with Gasteiger partial charge in [0, 0.05) is 25.6 Å². The lowest BCUT2D eigenvalue weighted by atomic mass is 9.95. The van der Waals surface area contributed by atoms with E-state index in [1.807, 2.05) is 0 Å². The number of hydrogen-bond donors (Lipinski definition) is 1. The molecule has 0 aromatic rings. The van der Waals surface area contributed by atoms with Crippen LogP contribution in [0.2, 0.25) is 0 Å². The van der Waals surface area contributed by atoms with Crippen LogP contribution in [-0.2, 0) is 4.79 Å². The van der Waals surface area contributed by atoms with Crippen LogP contribution in [0.3, 0.4) is 0 Å². The second kappa shape index (κ2) is 5.17. The number of rotatable bonds is 3. The van der Waals surface area contributed by atoms with Gasteiger partial charge in [0.2, 0.25) is 5.91 Å². The van der Waals surface area contributed by atoms with E-state index < -0.39 is 0 Å². The van der Waals surface area contributed by atoms with Crippen molar-refractivity contribution in [1.29, 1.82) is 0 Å². The summed E-state index contributed by atoms with van der Waals surface area (Å²) in [5.74, 6) is 1.80. The van der Waals surface area contributed by atoms with Gasteiger partial charge >= 0.3 is 0 Å². The number of hydrogen-bond acceptors (Lipinski definition) is 2. The highest BCUT2D eigenvalue weighted by molar-refractivity contribution is 5.77. The molecule has 0 radical (unpaired) electrons. The molecular formula is C13H24N2O. The predicted octanol–water partition coefficient (Wildman–Crippen LogP) is 1.63. The van der Waals surface area contributed by atoms with E-state index in [1.54, 1.807) is 0 Å². The number of likely N-dealkylation sites (tertiary alicyclic amines) is 1. The lowest BCUT2D eigenvalue weighted by Gasteiger charge is -2.20. The summed E-state index contributed by atoms with van der Waals surface area (Å²) in [6.07, 6.45) is 4.31. The maximum atomic E-state index is 12.1. The van der Waals surface area contributed by atoms with Crippen molar-refractivity contribution in [3.63, 3.8) is 0 Å². The summed E-state index contributed by atoms with van der Waals surface area (Å²) < 4.78 is 0. The second-order valence-corrected chi connectivity index (χ2v) is 5.63. The van der Waals surface area contributed by atoms with Crippen molar-refractivity contribution in [1.82, 2.24) is 10.2 Å². The van der Waals surface area contributed by atoms with Gasteiger partial charge in [-0.25, -0.2) is 0 Å². The lowest BCUT2D eigenvalue weighted by molar-refractivity contribution is -0.130. The van der Waals surface area contributed by atoms with Crippen molar-refractivity contribution in [3.05, 3.63) is 0 Å². The summed E-state index contributed by atoms with van der Waals surface area (Å²) in [6, 6.07) is 0.450. The van der Waals surface area contributed by atoms with Crippen molar-refractivity contribution < 1.29 is 4.79 Å². The average molecular weight is 224 g/mol. The number of nitrogens with one attached hydrogen (secondary N) is 1. The van der Waals surface area contributed by atoms with Crippen molar-refractivity contribution in [2.75, 3.05) is 19.6 Å². The molecule has 2 unspecified atom stereocenters. The standard InChI is InChI=1S/C13H24N2O/c1-10(2)11-5-7-15(9-11)13(16)8-12-4-3-6-14-12/h10-12,14H,3-9H2,1-2H3. The molecule has 1 amide bonds. The summed E-state index contributed by atoms with van der Waals surface area (Å²) >= 11 is 0. The van der Waals surface area contributed by atoms with Crippen LogP contribution < -0.4 is 5.32 Å².